The van der Waals surface area contributed by atoms with Gasteiger partial charge in [0.1, 0.15) is 6.04 Å². The highest BCUT2D eigenvalue weighted by atomic mass is 79.9. The molecule has 0 aliphatic carbocycles. The van der Waals surface area contributed by atoms with Crippen LogP contribution in [0.25, 0.3) is 0 Å². The number of hydrogen-bond donors (Lipinski definition) is 2. The minimum Gasteiger partial charge on any atom is -0.480 e. The Labute approximate surface area is 112 Å². The van der Waals surface area contributed by atoms with Crippen molar-refractivity contribution in [3.63, 3.8) is 0 Å². The average Bonchev–Trinajstić information content (AvgIpc) is 2.70. The third-order valence-corrected chi connectivity index (χ3v) is 3.78. The van der Waals surface area contributed by atoms with Crippen LogP contribution in [0.15, 0.2) is 15.2 Å². The lowest BCUT2D eigenvalue weighted by Crippen LogP contribution is -2.40. The Hall–Kier alpha value is -0.880. The van der Waals surface area contributed by atoms with Crippen LogP contribution in [0, 0.1) is 0 Å². The molecule has 4 nitrogen and oxygen atoms in total. The number of nitrogens with one attached hydrogen (secondary N) is 1. The molecule has 1 amide bonds. The van der Waals surface area contributed by atoms with E-state index in [1.54, 1.807) is 11.4 Å². The number of unbranched alkanes of at least 4 members (excludes halogenated alkanes) is 1. The summed E-state index contributed by atoms with van der Waals surface area (Å²) in [5, 5.41) is 13.2. The second-order valence-corrected chi connectivity index (χ2v) is 5.94. The van der Waals surface area contributed by atoms with Crippen molar-refractivity contribution >= 4 is 39.1 Å². The third kappa shape index (κ3) is 4.47. The number of rotatable bonds is 6. The molecule has 1 aromatic rings. The summed E-state index contributed by atoms with van der Waals surface area (Å²) < 4.78 is 0.850. The predicted octanol–water partition coefficient (Wildman–Crippen LogP) is 2.88. The quantitative estimate of drug-likeness (QED) is 0.847. The summed E-state index contributed by atoms with van der Waals surface area (Å²) in [5.41, 5.74) is 0.490. The number of carbonyl (C=O) groups is 2. The van der Waals surface area contributed by atoms with E-state index in [1.165, 1.54) is 11.3 Å². The minimum atomic E-state index is -0.985. The second-order valence-electron chi connectivity index (χ2n) is 3.65. The van der Waals surface area contributed by atoms with E-state index in [0.29, 0.717) is 12.0 Å². The largest absolute Gasteiger partial charge is 0.480 e. The molecule has 6 heteroatoms. The summed E-state index contributed by atoms with van der Waals surface area (Å²) in [6.45, 7) is 1.98. The number of carboxylic acids is 1. The molecule has 0 aliphatic heterocycles. The molecular formula is C11H14BrNO3S. The predicted molar refractivity (Wildman–Crippen MR) is 70.4 cm³/mol. The van der Waals surface area contributed by atoms with Gasteiger partial charge in [0.25, 0.3) is 5.91 Å². The Kier molecular flexibility index (Phi) is 5.64. The maximum atomic E-state index is 11.7. The van der Waals surface area contributed by atoms with E-state index in [1.807, 2.05) is 6.92 Å². The number of thiophene rings is 1. The molecule has 17 heavy (non-hydrogen) atoms. The van der Waals surface area contributed by atoms with Gasteiger partial charge in [-0.25, -0.2) is 4.79 Å². The van der Waals surface area contributed by atoms with Crippen LogP contribution in [0.1, 0.15) is 36.5 Å². The minimum absolute atomic E-state index is 0.338. The summed E-state index contributed by atoms with van der Waals surface area (Å²) >= 11 is 4.65. The molecule has 1 heterocycles. The number of halogens is 1. The first-order valence-electron chi connectivity index (χ1n) is 5.32. The highest BCUT2D eigenvalue weighted by Gasteiger charge is 2.20. The monoisotopic (exact) mass is 319 g/mol. The molecule has 94 valence electrons. The van der Waals surface area contributed by atoms with E-state index in [9.17, 15) is 9.59 Å². The smallest absolute Gasteiger partial charge is 0.326 e. The van der Waals surface area contributed by atoms with Crippen molar-refractivity contribution in [3.8, 4) is 0 Å². The van der Waals surface area contributed by atoms with E-state index >= 15 is 0 Å². The molecular weight excluding hydrogens is 306 g/mol. The Morgan fingerprint density at radius 2 is 2.29 bits per heavy atom. The van der Waals surface area contributed by atoms with Crippen LogP contribution >= 0.6 is 27.3 Å². The van der Waals surface area contributed by atoms with Gasteiger partial charge in [-0.1, -0.05) is 19.8 Å². The zero-order valence-electron chi connectivity index (χ0n) is 9.40. The Balaban J connectivity index is 2.60. The third-order valence-electron chi connectivity index (χ3n) is 2.28. The summed E-state index contributed by atoms with van der Waals surface area (Å²) in [7, 11) is 0. The Morgan fingerprint density at radius 3 is 2.76 bits per heavy atom. The van der Waals surface area contributed by atoms with Gasteiger partial charge in [-0.15, -0.1) is 11.3 Å². The van der Waals surface area contributed by atoms with Crippen LogP contribution in [0.4, 0.5) is 0 Å². The van der Waals surface area contributed by atoms with Crippen molar-refractivity contribution < 1.29 is 14.7 Å². The van der Waals surface area contributed by atoms with Gasteiger partial charge in [0.2, 0.25) is 0 Å². The van der Waals surface area contributed by atoms with Gasteiger partial charge in [0, 0.05) is 5.38 Å². The molecule has 0 fully saturated rings. The first-order valence-corrected chi connectivity index (χ1v) is 6.99. The molecule has 1 aromatic heterocycles. The lowest BCUT2D eigenvalue weighted by Gasteiger charge is -2.13. The van der Waals surface area contributed by atoms with Crippen molar-refractivity contribution in [2.75, 3.05) is 0 Å². The van der Waals surface area contributed by atoms with Crippen molar-refractivity contribution in [1.29, 1.82) is 0 Å². The van der Waals surface area contributed by atoms with Gasteiger partial charge in [-0.2, -0.15) is 0 Å². The normalized spacial score (nSPS) is 12.1. The maximum Gasteiger partial charge on any atom is 0.326 e. The van der Waals surface area contributed by atoms with E-state index in [4.69, 9.17) is 5.11 Å². The molecule has 0 aliphatic rings. The van der Waals surface area contributed by atoms with Crippen LogP contribution < -0.4 is 5.32 Å². The zero-order valence-corrected chi connectivity index (χ0v) is 11.8. The zero-order chi connectivity index (χ0) is 12.8. The summed E-state index contributed by atoms with van der Waals surface area (Å²) in [4.78, 5) is 22.7. The van der Waals surface area contributed by atoms with Gasteiger partial charge >= 0.3 is 5.97 Å². The van der Waals surface area contributed by atoms with Gasteiger partial charge in [-0.05, 0) is 28.4 Å². The number of hydrogen-bond acceptors (Lipinski definition) is 3. The summed E-state index contributed by atoms with van der Waals surface area (Å²) in [6, 6.07) is 0.875. The van der Waals surface area contributed by atoms with Gasteiger partial charge in [-0.3, -0.25) is 4.79 Å². The van der Waals surface area contributed by atoms with Gasteiger partial charge in [0.05, 0.1) is 9.35 Å². The standard InChI is InChI=1S/C11H14BrNO3S/c1-2-3-4-8(11(15)16)13-10(14)7-5-9(12)17-6-7/h5-6,8H,2-4H2,1H3,(H,13,14)(H,15,16)/t8-/m0/s1. The summed E-state index contributed by atoms with van der Waals surface area (Å²) in [5.74, 6) is -1.32. The van der Waals surface area contributed by atoms with Crippen molar-refractivity contribution in [3.05, 3.63) is 20.8 Å². The summed E-state index contributed by atoms with van der Waals surface area (Å²) in [6.07, 6.45) is 2.15. The Bertz CT molecular complexity index is 405. The molecule has 2 N–H and O–H groups in total. The highest BCUT2D eigenvalue weighted by molar-refractivity contribution is 9.11. The van der Waals surface area contributed by atoms with Crippen molar-refractivity contribution in [2.45, 2.75) is 32.2 Å². The molecule has 1 atom stereocenters. The number of carbonyl (C=O) groups excluding carboxylic acids is 1. The molecule has 0 radical (unpaired) electrons. The first kappa shape index (κ1) is 14.2. The fourth-order valence-corrected chi connectivity index (χ4v) is 2.47. The SMILES string of the molecule is CCCC[C@H](NC(=O)c1csc(Br)c1)C(=O)O. The topological polar surface area (TPSA) is 66.4 Å². The molecule has 0 unspecified atom stereocenters. The lowest BCUT2D eigenvalue weighted by molar-refractivity contribution is -0.139. The molecule has 0 aromatic carbocycles. The fourth-order valence-electron chi connectivity index (χ4n) is 1.34. The average molecular weight is 320 g/mol. The van der Waals surface area contributed by atoms with Crippen LogP contribution in [-0.2, 0) is 4.79 Å². The van der Waals surface area contributed by atoms with Crippen molar-refractivity contribution in [1.82, 2.24) is 5.32 Å². The molecule has 1 rings (SSSR count). The lowest BCUT2D eigenvalue weighted by atomic mass is 10.1. The Morgan fingerprint density at radius 1 is 1.59 bits per heavy atom. The molecule has 0 saturated carbocycles. The maximum absolute atomic E-state index is 11.7. The molecule has 0 spiro atoms. The van der Waals surface area contributed by atoms with Crippen LogP contribution in [-0.4, -0.2) is 23.0 Å². The van der Waals surface area contributed by atoms with E-state index in [-0.39, 0.29) is 5.91 Å². The van der Waals surface area contributed by atoms with E-state index < -0.39 is 12.0 Å². The fraction of sp³-hybridized carbons (Fsp3) is 0.455. The number of amides is 1. The van der Waals surface area contributed by atoms with E-state index in [2.05, 4.69) is 21.2 Å². The van der Waals surface area contributed by atoms with E-state index in [0.717, 1.165) is 16.6 Å². The number of aliphatic carboxylic acids is 1. The molecule has 0 saturated heterocycles. The molecule has 0 bridgehead atoms. The van der Waals surface area contributed by atoms with Crippen LogP contribution in [0.5, 0.6) is 0 Å². The van der Waals surface area contributed by atoms with Crippen molar-refractivity contribution in [2.24, 2.45) is 0 Å². The first-order chi connectivity index (χ1) is 8.04. The van der Waals surface area contributed by atoms with Crippen LogP contribution in [0.2, 0.25) is 0 Å². The highest BCUT2D eigenvalue weighted by Crippen LogP contribution is 2.20. The van der Waals surface area contributed by atoms with Crippen LogP contribution in [0.3, 0.4) is 0 Å². The number of carboxylic acid groups (broad SMARTS) is 1. The van der Waals surface area contributed by atoms with Gasteiger partial charge < -0.3 is 10.4 Å². The second kappa shape index (κ2) is 6.76. The van der Waals surface area contributed by atoms with Gasteiger partial charge in [0.15, 0.2) is 0 Å².